The fourth-order valence-electron chi connectivity index (χ4n) is 1.89. The highest BCUT2D eigenvalue weighted by Gasteiger charge is 2.32. The molecule has 1 rings (SSSR count). The number of nitrogens with two attached hydrogens (primary N) is 1. The van der Waals surface area contributed by atoms with Crippen LogP contribution >= 0.6 is 0 Å². The minimum absolute atomic E-state index is 0.00112. The number of likely N-dealkylation sites (tertiary alicyclic amines) is 1. The lowest BCUT2D eigenvalue weighted by Gasteiger charge is -2.22. The monoisotopic (exact) mass is 212 g/mol. The third-order valence-corrected chi connectivity index (χ3v) is 3.30. The van der Waals surface area contributed by atoms with E-state index in [0.29, 0.717) is 12.3 Å². The Bertz CT molecular complexity index is 236. The van der Waals surface area contributed by atoms with Crippen molar-refractivity contribution in [2.45, 2.75) is 46.6 Å². The Kier molecular flexibility index (Phi) is 3.77. The van der Waals surface area contributed by atoms with Gasteiger partial charge >= 0.3 is 0 Å². The molecule has 0 aromatic rings. The zero-order chi connectivity index (χ0) is 11.6. The molecule has 0 radical (unpaired) electrons. The number of amides is 1. The van der Waals surface area contributed by atoms with Crippen LogP contribution in [0.25, 0.3) is 0 Å². The fourth-order valence-corrected chi connectivity index (χ4v) is 1.89. The van der Waals surface area contributed by atoms with Gasteiger partial charge in [-0.05, 0) is 17.8 Å². The summed E-state index contributed by atoms with van der Waals surface area (Å²) >= 11 is 0. The van der Waals surface area contributed by atoms with Crippen molar-refractivity contribution in [3.63, 3.8) is 0 Å². The SMILES string of the molecule is CC(C)C(N)CC(=O)N1CCC(C)(C)C1. The van der Waals surface area contributed by atoms with Gasteiger partial charge in [0, 0.05) is 25.6 Å². The highest BCUT2D eigenvalue weighted by Crippen LogP contribution is 2.29. The standard InChI is InChI=1S/C12H24N2O/c1-9(2)10(13)7-11(15)14-6-5-12(3,4)8-14/h9-10H,5-8,13H2,1-4H3. The van der Waals surface area contributed by atoms with Crippen molar-refractivity contribution in [1.29, 1.82) is 0 Å². The van der Waals surface area contributed by atoms with Gasteiger partial charge in [0.25, 0.3) is 0 Å². The van der Waals surface area contributed by atoms with Crippen LogP contribution in [0.3, 0.4) is 0 Å². The van der Waals surface area contributed by atoms with Crippen LogP contribution in [0.1, 0.15) is 40.5 Å². The first-order chi connectivity index (χ1) is 6.82. The molecule has 3 nitrogen and oxygen atoms in total. The van der Waals surface area contributed by atoms with E-state index in [4.69, 9.17) is 5.73 Å². The summed E-state index contributed by atoms with van der Waals surface area (Å²) in [6.45, 7) is 10.3. The van der Waals surface area contributed by atoms with Crippen molar-refractivity contribution in [3.8, 4) is 0 Å². The van der Waals surface area contributed by atoms with Crippen molar-refractivity contribution < 1.29 is 4.79 Å². The largest absolute Gasteiger partial charge is 0.342 e. The van der Waals surface area contributed by atoms with E-state index in [2.05, 4.69) is 27.7 Å². The molecule has 1 saturated heterocycles. The molecule has 15 heavy (non-hydrogen) atoms. The molecule has 1 fully saturated rings. The van der Waals surface area contributed by atoms with Crippen LogP contribution in [0.4, 0.5) is 0 Å². The first kappa shape index (κ1) is 12.5. The van der Waals surface area contributed by atoms with Crippen molar-refractivity contribution >= 4 is 5.91 Å². The number of hydrogen-bond donors (Lipinski definition) is 1. The zero-order valence-corrected chi connectivity index (χ0v) is 10.4. The van der Waals surface area contributed by atoms with Crippen molar-refractivity contribution in [2.75, 3.05) is 13.1 Å². The predicted octanol–water partition coefficient (Wildman–Crippen LogP) is 1.62. The summed E-state index contributed by atoms with van der Waals surface area (Å²) < 4.78 is 0. The van der Waals surface area contributed by atoms with Crippen LogP contribution in [-0.4, -0.2) is 29.9 Å². The van der Waals surface area contributed by atoms with E-state index in [0.717, 1.165) is 19.5 Å². The van der Waals surface area contributed by atoms with Crippen LogP contribution < -0.4 is 5.73 Å². The van der Waals surface area contributed by atoms with Gasteiger partial charge in [-0.15, -0.1) is 0 Å². The van der Waals surface area contributed by atoms with Gasteiger partial charge in [0.2, 0.25) is 5.91 Å². The maximum Gasteiger partial charge on any atom is 0.224 e. The summed E-state index contributed by atoms with van der Waals surface area (Å²) in [6.07, 6.45) is 1.60. The number of nitrogens with zero attached hydrogens (tertiary/aromatic N) is 1. The molecule has 1 atom stereocenters. The second kappa shape index (κ2) is 4.52. The first-order valence-electron chi connectivity index (χ1n) is 5.85. The minimum atomic E-state index is 0.00112. The summed E-state index contributed by atoms with van der Waals surface area (Å²) in [5.74, 6) is 0.603. The van der Waals surface area contributed by atoms with Crippen molar-refractivity contribution in [3.05, 3.63) is 0 Å². The van der Waals surface area contributed by atoms with E-state index in [1.807, 2.05) is 4.90 Å². The molecule has 0 aliphatic carbocycles. The van der Waals surface area contributed by atoms with Gasteiger partial charge in [0.1, 0.15) is 0 Å². The Morgan fingerprint density at radius 1 is 1.47 bits per heavy atom. The topological polar surface area (TPSA) is 46.3 Å². The number of rotatable bonds is 3. The van der Waals surface area contributed by atoms with Gasteiger partial charge in [-0.3, -0.25) is 4.79 Å². The molecule has 2 N–H and O–H groups in total. The summed E-state index contributed by atoms with van der Waals surface area (Å²) in [5, 5.41) is 0. The van der Waals surface area contributed by atoms with E-state index in [1.54, 1.807) is 0 Å². The van der Waals surface area contributed by atoms with E-state index in [9.17, 15) is 4.79 Å². The maximum atomic E-state index is 11.9. The lowest BCUT2D eigenvalue weighted by atomic mass is 9.93. The fraction of sp³-hybridized carbons (Fsp3) is 0.917. The Morgan fingerprint density at radius 2 is 2.07 bits per heavy atom. The van der Waals surface area contributed by atoms with Crippen LogP contribution in [0.2, 0.25) is 0 Å². The third-order valence-electron chi connectivity index (χ3n) is 3.30. The zero-order valence-electron chi connectivity index (χ0n) is 10.4. The lowest BCUT2D eigenvalue weighted by Crippen LogP contribution is -2.37. The minimum Gasteiger partial charge on any atom is -0.342 e. The van der Waals surface area contributed by atoms with Crippen LogP contribution in [0, 0.1) is 11.3 Å². The molecule has 0 bridgehead atoms. The summed E-state index contributed by atoms with van der Waals surface area (Å²) in [4.78, 5) is 13.9. The number of hydrogen-bond acceptors (Lipinski definition) is 2. The molecule has 1 aliphatic rings. The summed E-state index contributed by atoms with van der Waals surface area (Å²) in [6, 6.07) is 0.00112. The molecule has 1 unspecified atom stereocenters. The summed E-state index contributed by atoms with van der Waals surface area (Å²) in [7, 11) is 0. The highest BCUT2D eigenvalue weighted by atomic mass is 16.2. The Balaban J connectivity index is 2.42. The third kappa shape index (κ3) is 3.49. The quantitative estimate of drug-likeness (QED) is 0.772. The molecular formula is C12H24N2O. The maximum absolute atomic E-state index is 11.9. The number of carbonyl (C=O) groups excluding carboxylic acids is 1. The van der Waals surface area contributed by atoms with Crippen molar-refractivity contribution in [1.82, 2.24) is 4.90 Å². The molecule has 0 spiro atoms. The number of carbonyl (C=O) groups is 1. The predicted molar refractivity (Wildman–Crippen MR) is 62.4 cm³/mol. The molecule has 88 valence electrons. The average Bonchev–Trinajstić information content (AvgIpc) is 2.45. The first-order valence-corrected chi connectivity index (χ1v) is 5.85. The van der Waals surface area contributed by atoms with E-state index in [1.165, 1.54) is 0 Å². The van der Waals surface area contributed by atoms with Crippen LogP contribution in [-0.2, 0) is 4.79 Å². The van der Waals surface area contributed by atoms with Gasteiger partial charge in [0.15, 0.2) is 0 Å². The Hall–Kier alpha value is -0.570. The molecule has 0 aromatic heterocycles. The van der Waals surface area contributed by atoms with Gasteiger partial charge in [-0.1, -0.05) is 27.7 Å². The molecule has 0 saturated carbocycles. The van der Waals surface area contributed by atoms with Gasteiger partial charge in [-0.25, -0.2) is 0 Å². The average molecular weight is 212 g/mol. The van der Waals surface area contributed by atoms with Gasteiger partial charge in [-0.2, -0.15) is 0 Å². The molecule has 0 aromatic carbocycles. The lowest BCUT2D eigenvalue weighted by molar-refractivity contribution is -0.131. The molecule has 1 amide bonds. The van der Waals surface area contributed by atoms with Crippen molar-refractivity contribution in [2.24, 2.45) is 17.1 Å². The second-order valence-electron chi connectivity index (χ2n) is 5.84. The molecular weight excluding hydrogens is 188 g/mol. The normalized spacial score (nSPS) is 22.1. The van der Waals surface area contributed by atoms with Gasteiger partial charge in [0.05, 0.1) is 0 Å². The molecule has 1 heterocycles. The summed E-state index contributed by atoms with van der Waals surface area (Å²) in [5.41, 5.74) is 6.19. The van der Waals surface area contributed by atoms with E-state index >= 15 is 0 Å². The highest BCUT2D eigenvalue weighted by molar-refractivity contribution is 5.77. The van der Waals surface area contributed by atoms with E-state index in [-0.39, 0.29) is 17.4 Å². The van der Waals surface area contributed by atoms with E-state index < -0.39 is 0 Å². The second-order valence-corrected chi connectivity index (χ2v) is 5.84. The van der Waals surface area contributed by atoms with Crippen LogP contribution in [0.5, 0.6) is 0 Å². The molecule has 1 aliphatic heterocycles. The Morgan fingerprint density at radius 3 is 2.47 bits per heavy atom. The van der Waals surface area contributed by atoms with Gasteiger partial charge < -0.3 is 10.6 Å². The smallest absolute Gasteiger partial charge is 0.224 e. The molecule has 3 heteroatoms. The van der Waals surface area contributed by atoms with Crippen LogP contribution in [0.15, 0.2) is 0 Å². The Labute approximate surface area is 93.0 Å².